The molecular formula is C14H11I. The Balaban J connectivity index is 2.64. The van der Waals surface area contributed by atoms with Crippen molar-refractivity contribution in [3.63, 3.8) is 0 Å². The lowest BCUT2D eigenvalue weighted by molar-refractivity contribution is 1.56. The van der Waals surface area contributed by atoms with Crippen LogP contribution >= 0.6 is 22.6 Å². The molecule has 2 aromatic carbocycles. The van der Waals surface area contributed by atoms with Crippen LogP contribution < -0.4 is 0 Å². The lowest BCUT2D eigenvalue weighted by atomic mass is 10.00. The molecule has 0 nitrogen and oxygen atoms in total. The van der Waals surface area contributed by atoms with Gasteiger partial charge in [-0.1, -0.05) is 55.1 Å². The molecule has 0 unspecified atom stereocenters. The second kappa shape index (κ2) is 4.62. The Labute approximate surface area is 104 Å². The van der Waals surface area contributed by atoms with E-state index >= 15 is 0 Å². The monoisotopic (exact) mass is 306 g/mol. The van der Waals surface area contributed by atoms with Crippen molar-refractivity contribution < 1.29 is 0 Å². The van der Waals surface area contributed by atoms with Gasteiger partial charge in [0, 0.05) is 3.57 Å². The van der Waals surface area contributed by atoms with Crippen molar-refractivity contribution in [2.75, 3.05) is 0 Å². The number of hydrogen-bond donors (Lipinski definition) is 0. The lowest BCUT2D eigenvalue weighted by Gasteiger charge is -2.07. The fourth-order valence-electron chi connectivity index (χ4n) is 1.60. The van der Waals surface area contributed by atoms with Gasteiger partial charge in [-0.15, -0.1) is 0 Å². The van der Waals surface area contributed by atoms with Crippen LogP contribution in [0.1, 0.15) is 5.56 Å². The minimum atomic E-state index is 1.18. The smallest absolute Gasteiger partial charge is 0.0209 e. The van der Waals surface area contributed by atoms with Crippen LogP contribution in [-0.4, -0.2) is 0 Å². The summed E-state index contributed by atoms with van der Waals surface area (Å²) in [7, 11) is 0. The van der Waals surface area contributed by atoms with Gasteiger partial charge < -0.3 is 0 Å². The van der Waals surface area contributed by atoms with Gasteiger partial charge in [-0.25, -0.2) is 0 Å². The van der Waals surface area contributed by atoms with Crippen molar-refractivity contribution >= 4 is 28.7 Å². The van der Waals surface area contributed by atoms with Crippen molar-refractivity contribution in [1.82, 2.24) is 0 Å². The summed E-state index contributed by atoms with van der Waals surface area (Å²) in [5, 5.41) is 0. The van der Waals surface area contributed by atoms with E-state index in [9.17, 15) is 0 Å². The summed E-state index contributed by atoms with van der Waals surface area (Å²) in [6, 6.07) is 16.7. The average molecular weight is 306 g/mol. The van der Waals surface area contributed by atoms with E-state index in [-0.39, 0.29) is 0 Å². The highest BCUT2D eigenvalue weighted by molar-refractivity contribution is 14.1. The van der Waals surface area contributed by atoms with Crippen molar-refractivity contribution in [2.24, 2.45) is 0 Å². The van der Waals surface area contributed by atoms with Crippen LogP contribution in [0.15, 0.2) is 55.1 Å². The molecule has 0 atom stereocenters. The molecule has 0 aliphatic heterocycles. The summed E-state index contributed by atoms with van der Waals surface area (Å²) in [6.07, 6.45) is 1.90. The van der Waals surface area contributed by atoms with E-state index in [4.69, 9.17) is 0 Å². The Bertz CT molecular complexity index is 486. The first-order chi connectivity index (χ1) is 7.33. The highest BCUT2D eigenvalue weighted by atomic mass is 127. The zero-order chi connectivity index (χ0) is 10.7. The van der Waals surface area contributed by atoms with Gasteiger partial charge in [0.15, 0.2) is 0 Å². The second-order valence-electron chi connectivity index (χ2n) is 3.27. The van der Waals surface area contributed by atoms with Crippen LogP contribution in [-0.2, 0) is 0 Å². The Kier molecular flexibility index (Phi) is 3.21. The third-order valence-electron chi connectivity index (χ3n) is 2.34. The summed E-state index contributed by atoms with van der Waals surface area (Å²) >= 11 is 2.36. The van der Waals surface area contributed by atoms with E-state index in [2.05, 4.69) is 71.6 Å². The van der Waals surface area contributed by atoms with Gasteiger partial charge in [0.1, 0.15) is 0 Å². The predicted molar refractivity (Wildman–Crippen MR) is 74.7 cm³/mol. The van der Waals surface area contributed by atoms with Crippen molar-refractivity contribution in [3.05, 3.63) is 64.2 Å². The molecule has 0 radical (unpaired) electrons. The molecule has 0 fully saturated rings. The molecule has 0 bridgehead atoms. The molecule has 1 heteroatoms. The molecule has 0 saturated heterocycles. The van der Waals surface area contributed by atoms with Crippen LogP contribution in [0.4, 0.5) is 0 Å². The summed E-state index contributed by atoms with van der Waals surface area (Å²) in [5.74, 6) is 0. The predicted octanol–water partition coefficient (Wildman–Crippen LogP) is 4.60. The first-order valence-corrected chi connectivity index (χ1v) is 5.87. The quantitative estimate of drug-likeness (QED) is 0.711. The number of halogens is 1. The van der Waals surface area contributed by atoms with E-state index < -0.39 is 0 Å². The number of hydrogen-bond acceptors (Lipinski definition) is 0. The molecule has 0 aliphatic carbocycles. The van der Waals surface area contributed by atoms with Crippen LogP contribution in [0.3, 0.4) is 0 Å². The van der Waals surface area contributed by atoms with Gasteiger partial charge in [0.05, 0.1) is 0 Å². The van der Waals surface area contributed by atoms with Crippen LogP contribution in [0.5, 0.6) is 0 Å². The molecule has 2 aromatic rings. The highest BCUT2D eigenvalue weighted by Crippen LogP contribution is 2.28. The first-order valence-electron chi connectivity index (χ1n) is 4.79. The van der Waals surface area contributed by atoms with Gasteiger partial charge in [0.25, 0.3) is 0 Å². The van der Waals surface area contributed by atoms with E-state index in [0.29, 0.717) is 0 Å². The SMILES string of the molecule is C=Cc1ccccc1-c1ccccc1I. The number of rotatable bonds is 2. The molecule has 0 N–H and O–H groups in total. The molecule has 0 heterocycles. The molecule has 0 amide bonds. The van der Waals surface area contributed by atoms with E-state index in [1.54, 1.807) is 0 Å². The number of benzene rings is 2. The Morgan fingerprint density at radius 3 is 2.13 bits per heavy atom. The maximum atomic E-state index is 3.84. The zero-order valence-corrected chi connectivity index (χ0v) is 10.4. The van der Waals surface area contributed by atoms with E-state index in [1.807, 2.05) is 12.1 Å². The minimum absolute atomic E-state index is 1.18. The van der Waals surface area contributed by atoms with Gasteiger partial charge in [-0.3, -0.25) is 0 Å². The molecule has 0 spiro atoms. The molecule has 0 aliphatic rings. The Morgan fingerprint density at radius 1 is 0.867 bits per heavy atom. The highest BCUT2D eigenvalue weighted by Gasteiger charge is 2.04. The van der Waals surface area contributed by atoms with Gasteiger partial charge in [-0.05, 0) is 45.3 Å². The molecule has 2 rings (SSSR count). The van der Waals surface area contributed by atoms with E-state index in [1.165, 1.54) is 20.3 Å². The van der Waals surface area contributed by atoms with Crippen molar-refractivity contribution in [2.45, 2.75) is 0 Å². The normalized spacial score (nSPS) is 9.93. The Hall–Kier alpha value is -1.09. The topological polar surface area (TPSA) is 0 Å². The van der Waals surface area contributed by atoms with Crippen LogP contribution in [0.2, 0.25) is 0 Å². The second-order valence-corrected chi connectivity index (χ2v) is 4.43. The average Bonchev–Trinajstić information content (AvgIpc) is 2.30. The molecule has 0 saturated carbocycles. The minimum Gasteiger partial charge on any atom is -0.0984 e. The molecule has 74 valence electrons. The Morgan fingerprint density at radius 2 is 1.47 bits per heavy atom. The van der Waals surface area contributed by atoms with Crippen molar-refractivity contribution in [1.29, 1.82) is 0 Å². The third kappa shape index (κ3) is 2.12. The largest absolute Gasteiger partial charge is 0.0984 e. The maximum absolute atomic E-state index is 3.84. The van der Waals surface area contributed by atoms with Crippen LogP contribution in [0.25, 0.3) is 17.2 Å². The fourth-order valence-corrected chi connectivity index (χ4v) is 2.28. The standard InChI is InChI=1S/C14H11I/c1-2-11-7-3-4-8-12(11)13-9-5-6-10-14(13)15/h2-10H,1H2. The molecule has 15 heavy (non-hydrogen) atoms. The van der Waals surface area contributed by atoms with Crippen LogP contribution in [0, 0.1) is 3.57 Å². The fraction of sp³-hybridized carbons (Fsp3) is 0. The van der Waals surface area contributed by atoms with Gasteiger partial charge in [-0.2, -0.15) is 0 Å². The van der Waals surface area contributed by atoms with Gasteiger partial charge in [0.2, 0.25) is 0 Å². The first kappa shape index (κ1) is 10.4. The summed E-state index contributed by atoms with van der Waals surface area (Å²) in [4.78, 5) is 0. The van der Waals surface area contributed by atoms with Gasteiger partial charge >= 0.3 is 0 Å². The zero-order valence-electron chi connectivity index (χ0n) is 8.28. The third-order valence-corrected chi connectivity index (χ3v) is 3.29. The molecular weight excluding hydrogens is 295 g/mol. The summed E-state index contributed by atoms with van der Waals surface area (Å²) < 4.78 is 1.27. The van der Waals surface area contributed by atoms with Crippen molar-refractivity contribution in [3.8, 4) is 11.1 Å². The summed E-state index contributed by atoms with van der Waals surface area (Å²) in [6.45, 7) is 3.84. The molecule has 0 aromatic heterocycles. The van der Waals surface area contributed by atoms with E-state index in [0.717, 1.165) is 0 Å². The maximum Gasteiger partial charge on any atom is 0.0209 e. The summed E-state index contributed by atoms with van der Waals surface area (Å²) in [5.41, 5.74) is 3.70. The lowest BCUT2D eigenvalue weighted by Crippen LogP contribution is -1.85.